The molecular weight excluding hydrogens is 240 g/mol. The average molecular weight is 264 g/mol. The van der Waals surface area contributed by atoms with Crippen molar-refractivity contribution < 1.29 is 13.2 Å². The maximum absolute atomic E-state index is 12.0. The highest BCUT2D eigenvalue weighted by Gasteiger charge is 2.29. The molecule has 0 aromatic carbocycles. The van der Waals surface area contributed by atoms with E-state index in [2.05, 4.69) is 0 Å². The molecule has 1 aliphatic rings. The number of hydrogen-bond acceptors (Lipinski definition) is 4. The van der Waals surface area contributed by atoms with Crippen LogP contribution in [0, 0.1) is 0 Å². The van der Waals surface area contributed by atoms with Gasteiger partial charge in [0.25, 0.3) is 0 Å². The second-order valence-electron chi connectivity index (χ2n) is 4.60. The van der Waals surface area contributed by atoms with Crippen molar-refractivity contribution in [2.45, 2.75) is 44.7 Å². The highest BCUT2D eigenvalue weighted by atomic mass is 32.2. The first-order valence-corrected chi connectivity index (χ1v) is 7.87. The van der Waals surface area contributed by atoms with Crippen LogP contribution in [0.1, 0.15) is 32.6 Å². The van der Waals surface area contributed by atoms with Crippen molar-refractivity contribution in [1.82, 2.24) is 4.31 Å². The molecule has 1 saturated carbocycles. The first kappa shape index (κ1) is 14.9. The van der Waals surface area contributed by atoms with E-state index in [9.17, 15) is 8.42 Å². The van der Waals surface area contributed by atoms with Crippen LogP contribution in [0.3, 0.4) is 0 Å². The van der Waals surface area contributed by atoms with Gasteiger partial charge in [-0.15, -0.1) is 0 Å². The van der Waals surface area contributed by atoms with E-state index >= 15 is 0 Å². The van der Waals surface area contributed by atoms with Crippen LogP contribution in [0.5, 0.6) is 0 Å². The summed E-state index contributed by atoms with van der Waals surface area (Å²) >= 11 is 0. The molecule has 1 fully saturated rings. The fraction of sp³-hybridized carbons (Fsp3) is 1.00. The largest absolute Gasteiger partial charge is 0.381 e. The van der Waals surface area contributed by atoms with Gasteiger partial charge in [0.05, 0.1) is 12.4 Å². The Morgan fingerprint density at radius 3 is 2.41 bits per heavy atom. The summed E-state index contributed by atoms with van der Waals surface area (Å²) in [5.41, 5.74) is 5.82. The molecule has 0 spiro atoms. The van der Waals surface area contributed by atoms with Crippen LogP contribution in [-0.2, 0) is 14.8 Å². The van der Waals surface area contributed by atoms with Gasteiger partial charge in [-0.3, -0.25) is 0 Å². The molecule has 0 amide bonds. The van der Waals surface area contributed by atoms with Gasteiger partial charge in [-0.2, -0.15) is 0 Å². The quantitative estimate of drug-likeness (QED) is 0.711. The molecule has 5 nitrogen and oxygen atoms in total. The standard InChI is InChI=1S/C11H24N2O3S/c1-3-16-8-9-17(14,15)13(2)11-6-4-10(12)5-7-11/h10-11H,3-9,12H2,1-2H3. The number of ether oxygens (including phenoxy) is 1. The topological polar surface area (TPSA) is 72.6 Å². The molecule has 0 saturated heterocycles. The van der Waals surface area contributed by atoms with Gasteiger partial charge in [0.2, 0.25) is 10.0 Å². The summed E-state index contributed by atoms with van der Waals surface area (Å²) in [5, 5.41) is 0. The van der Waals surface area contributed by atoms with Gasteiger partial charge in [0.1, 0.15) is 0 Å². The number of sulfonamides is 1. The molecule has 6 heteroatoms. The molecule has 0 aromatic rings. The SMILES string of the molecule is CCOCCS(=O)(=O)N(C)C1CCC(N)CC1. The van der Waals surface area contributed by atoms with E-state index in [4.69, 9.17) is 10.5 Å². The summed E-state index contributed by atoms with van der Waals surface area (Å²) in [5.74, 6) is 0.0693. The second kappa shape index (κ2) is 6.68. The van der Waals surface area contributed by atoms with Gasteiger partial charge < -0.3 is 10.5 Å². The first-order valence-electron chi connectivity index (χ1n) is 6.26. The van der Waals surface area contributed by atoms with E-state index in [-0.39, 0.29) is 24.4 Å². The summed E-state index contributed by atoms with van der Waals surface area (Å²) in [4.78, 5) is 0. The van der Waals surface area contributed by atoms with Crippen LogP contribution < -0.4 is 5.73 Å². The minimum absolute atomic E-state index is 0.0693. The average Bonchev–Trinajstić information content (AvgIpc) is 2.29. The fourth-order valence-electron chi connectivity index (χ4n) is 2.14. The minimum Gasteiger partial charge on any atom is -0.381 e. The molecule has 1 rings (SSSR count). The predicted octanol–water partition coefficient (Wildman–Crippen LogP) is 0.554. The molecule has 1 aliphatic carbocycles. The molecule has 2 N–H and O–H groups in total. The highest BCUT2D eigenvalue weighted by Crippen LogP contribution is 2.23. The molecular formula is C11H24N2O3S. The Hall–Kier alpha value is -0.170. The van der Waals surface area contributed by atoms with Crippen LogP contribution >= 0.6 is 0 Å². The molecule has 17 heavy (non-hydrogen) atoms. The van der Waals surface area contributed by atoms with Crippen LogP contribution in [0.2, 0.25) is 0 Å². The van der Waals surface area contributed by atoms with E-state index in [1.807, 2.05) is 6.92 Å². The molecule has 0 radical (unpaired) electrons. The summed E-state index contributed by atoms with van der Waals surface area (Å²) in [6.07, 6.45) is 3.56. The van der Waals surface area contributed by atoms with Crippen molar-refractivity contribution in [2.24, 2.45) is 5.73 Å². The van der Waals surface area contributed by atoms with Crippen LogP contribution in [-0.4, -0.2) is 50.8 Å². The third kappa shape index (κ3) is 4.54. The Labute approximate surface area is 104 Å². The number of nitrogens with two attached hydrogens (primary N) is 1. The van der Waals surface area contributed by atoms with Crippen molar-refractivity contribution in [3.8, 4) is 0 Å². The second-order valence-corrected chi connectivity index (χ2v) is 6.75. The Bertz CT molecular complexity index is 311. The van der Waals surface area contributed by atoms with E-state index in [1.54, 1.807) is 7.05 Å². The van der Waals surface area contributed by atoms with Gasteiger partial charge in [-0.25, -0.2) is 12.7 Å². The van der Waals surface area contributed by atoms with Crippen molar-refractivity contribution in [3.05, 3.63) is 0 Å². The number of rotatable bonds is 6. The van der Waals surface area contributed by atoms with Gasteiger partial charge >= 0.3 is 0 Å². The van der Waals surface area contributed by atoms with E-state index in [0.29, 0.717) is 6.61 Å². The molecule has 0 heterocycles. The zero-order valence-corrected chi connectivity index (χ0v) is 11.6. The van der Waals surface area contributed by atoms with Gasteiger partial charge in [-0.05, 0) is 32.6 Å². The minimum atomic E-state index is -3.18. The maximum Gasteiger partial charge on any atom is 0.216 e. The molecule has 102 valence electrons. The lowest BCUT2D eigenvalue weighted by molar-refractivity contribution is 0.161. The van der Waals surface area contributed by atoms with Crippen LogP contribution in [0.15, 0.2) is 0 Å². The van der Waals surface area contributed by atoms with Gasteiger partial charge in [0, 0.05) is 25.7 Å². The van der Waals surface area contributed by atoms with Gasteiger partial charge in [0.15, 0.2) is 0 Å². The monoisotopic (exact) mass is 264 g/mol. The van der Waals surface area contributed by atoms with Crippen LogP contribution in [0.25, 0.3) is 0 Å². The highest BCUT2D eigenvalue weighted by molar-refractivity contribution is 7.89. The van der Waals surface area contributed by atoms with Crippen molar-refractivity contribution in [1.29, 1.82) is 0 Å². The predicted molar refractivity (Wildman–Crippen MR) is 68.3 cm³/mol. The Morgan fingerprint density at radius 1 is 1.29 bits per heavy atom. The van der Waals surface area contributed by atoms with Crippen molar-refractivity contribution in [3.63, 3.8) is 0 Å². The third-order valence-corrected chi connectivity index (χ3v) is 5.24. The van der Waals surface area contributed by atoms with E-state index in [1.165, 1.54) is 4.31 Å². The zero-order chi connectivity index (χ0) is 12.9. The molecule has 0 aromatic heterocycles. The Kier molecular flexibility index (Phi) is 5.85. The summed E-state index contributed by atoms with van der Waals surface area (Å²) < 4.78 is 30.6. The summed E-state index contributed by atoms with van der Waals surface area (Å²) in [6, 6.07) is 0.354. The zero-order valence-electron chi connectivity index (χ0n) is 10.8. The third-order valence-electron chi connectivity index (χ3n) is 3.38. The smallest absolute Gasteiger partial charge is 0.216 e. The molecule has 0 atom stereocenters. The Balaban J connectivity index is 2.47. The van der Waals surface area contributed by atoms with Crippen molar-refractivity contribution in [2.75, 3.05) is 26.0 Å². The lowest BCUT2D eigenvalue weighted by Crippen LogP contribution is -2.43. The molecule has 0 bridgehead atoms. The van der Waals surface area contributed by atoms with Crippen molar-refractivity contribution >= 4 is 10.0 Å². The summed E-state index contributed by atoms with van der Waals surface area (Å²) in [7, 11) is -1.51. The summed E-state index contributed by atoms with van der Waals surface area (Å²) in [6.45, 7) is 2.69. The fourth-order valence-corrected chi connectivity index (χ4v) is 3.43. The molecule has 0 aliphatic heterocycles. The Morgan fingerprint density at radius 2 is 1.88 bits per heavy atom. The maximum atomic E-state index is 12.0. The van der Waals surface area contributed by atoms with E-state index in [0.717, 1.165) is 25.7 Å². The molecule has 0 unspecified atom stereocenters. The number of hydrogen-bond donors (Lipinski definition) is 1. The number of nitrogens with zero attached hydrogens (tertiary/aromatic N) is 1. The lowest BCUT2D eigenvalue weighted by Gasteiger charge is -2.32. The lowest BCUT2D eigenvalue weighted by atomic mass is 9.92. The first-order chi connectivity index (χ1) is 7.97. The van der Waals surface area contributed by atoms with Gasteiger partial charge in [-0.1, -0.05) is 0 Å². The van der Waals surface area contributed by atoms with Crippen LogP contribution in [0.4, 0.5) is 0 Å². The normalized spacial score (nSPS) is 26.4. The van der Waals surface area contributed by atoms with E-state index < -0.39 is 10.0 Å².